The van der Waals surface area contributed by atoms with Gasteiger partial charge in [0, 0.05) is 25.7 Å². The van der Waals surface area contributed by atoms with Gasteiger partial charge in [-0.2, -0.15) is 15.0 Å². The Hall–Kier alpha value is -1.67. The minimum absolute atomic E-state index is 0.413. The van der Waals surface area contributed by atoms with Crippen molar-refractivity contribution < 1.29 is 4.74 Å². The average Bonchev–Trinajstić information content (AvgIpc) is 2.94. The second-order valence-electron chi connectivity index (χ2n) is 5.19. The van der Waals surface area contributed by atoms with E-state index < -0.39 is 0 Å². The Labute approximate surface area is 118 Å². The van der Waals surface area contributed by atoms with E-state index in [2.05, 4.69) is 37.1 Å². The fourth-order valence-electron chi connectivity index (χ4n) is 2.68. The molecule has 0 amide bonds. The first-order valence-corrected chi connectivity index (χ1v) is 7.10. The van der Waals surface area contributed by atoms with E-state index in [0.29, 0.717) is 37.1 Å². The average molecular weight is 279 g/mol. The number of nitrogens with two attached hydrogens (primary N) is 1. The van der Waals surface area contributed by atoms with Crippen molar-refractivity contribution in [2.24, 2.45) is 5.84 Å². The maximum Gasteiger partial charge on any atom is 0.243 e. The maximum absolute atomic E-state index is 5.49. The van der Waals surface area contributed by atoms with Gasteiger partial charge in [0.2, 0.25) is 17.8 Å². The van der Waals surface area contributed by atoms with Gasteiger partial charge in [0.25, 0.3) is 0 Å². The molecule has 3 heterocycles. The third-order valence-corrected chi connectivity index (χ3v) is 3.84. The summed E-state index contributed by atoms with van der Waals surface area (Å²) in [6.45, 7) is 6.17. The van der Waals surface area contributed by atoms with Crippen LogP contribution in [0.15, 0.2) is 0 Å². The first-order valence-electron chi connectivity index (χ1n) is 7.10. The van der Waals surface area contributed by atoms with Gasteiger partial charge in [-0.05, 0) is 19.8 Å². The Morgan fingerprint density at radius 1 is 1.15 bits per heavy atom. The van der Waals surface area contributed by atoms with Crippen LogP contribution in [0.3, 0.4) is 0 Å². The molecule has 2 aliphatic heterocycles. The first-order chi connectivity index (χ1) is 9.78. The normalized spacial score (nSPS) is 23.2. The van der Waals surface area contributed by atoms with E-state index in [-0.39, 0.29) is 0 Å². The van der Waals surface area contributed by atoms with Crippen LogP contribution in [0.4, 0.5) is 17.8 Å². The minimum Gasteiger partial charge on any atom is -0.378 e. The molecule has 1 atom stereocenters. The van der Waals surface area contributed by atoms with Crippen LogP contribution in [-0.2, 0) is 4.74 Å². The van der Waals surface area contributed by atoms with Gasteiger partial charge in [-0.3, -0.25) is 5.43 Å². The number of hydrogen-bond donors (Lipinski definition) is 2. The zero-order valence-electron chi connectivity index (χ0n) is 11.7. The van der Waals surface area contributed by atoms with Crippen molar-refractivity contribution in [3.63, 3.8) is 0 Å². The van der Waals surface area contributed by atoms with Crippen LogP contribution in [0.25, 0.3) is 0 Å². The molecule has 0 spiro atoms. The van der Waals surface area contributed by atoms with E-state index >= 15 is 0 Å². The van der Waals surface area contributed by atoms with Gasteiger partial charge < -0.3 is 14.5 Å². The summed E-state index contributed by atoms with van der Waals surface area (Å²) in [4.78, 5) is 17.7. The molecule has 2 fully saturated rings. The molecule has 8 nitrogen and oxygen atoms in total. The lowest BCUT2D eigenvalue weighted by Gasteiger charge is -2.28. The lowest BCUT2D eigenvalue weighted by molar-refractivity contribution is 0.122. The fourth-order valence-corrected chi connectivity index (χ4v) is 2.68. The van der Waals surface area contributed by atoms with Crippen LogP contribution in [0.1, 0.15) is 19.8 Å². The first kappa shape index (κ1) is 13.3. The number of nitrogens with zero attached hydrogens (tertiary/aromatic N) is 5. The summed E-state index contributed by atoms with van der Waals surface area (Å²) in [6, 6.07) is 0.459. The number of hydrogen-bond acceptors (Lipinski definition) is 8. The highest BCUT2D eigenvalue weighted by Crippen LogP contribution is 2.24. The van der Waals surface area contributed by atoms with Gasteiger partial charge in [0.05, 0.1) is 13.2 Å². The topological polar surface area (TPSA) is 92.4 Å². The van der Waals surface area contributed by atoms with Crippen molar-refractivity contribution >= 4 is 17.8 Å². The zero-order valence-corrected chi connectivity index (χ0v) is 11.7. The summed E-state index contributed by atoms with van der Waals surface area (Å²) in [5, 5.41) is 0. The highest BCUT2D eigenvalue weighted by atomic mass is 16.5. The third-order valence-electron chi connectivity index (χ3n) is 3.84. The molecule has 0 aromatic carbocycles. The summed E-state index contributed by atoms with van der Waals surface area (Å²) >= 11 is 0. The largest absolute Gasteiger partial charge is 0.378 e. The van der Waals surface area contributed by atoms with Gasteiger partial charge >= 0.3 is 0 Å². The van der Waals surface area contributed by atoms with Crippen molar-refractivity contribution in [2.75, 3.05) is 48.1 Å². The summed E-state index contributed by atoms with van der Waals surface area (Å²) in [5.74, 6) is 7.28. The summed E-state index contributed by atoms with van der Waals surface area (Å²) in [5.41, 5.74) is 2.54. The Morgan fingerprint density at radius 2 is 1.90 bits per heavy atom. The van der Waals surface area contributed by atoms with Crippen LogP contribution in [0.5, 0.6) is 0 Å². The third kappa shape index (κ3) is 2.61. The van der Waals surface area contributed by atoms with Crippen LogP contribution >= 0.6 is 0 Å². The fraction of sp³-hybridized carbons (Fsp3) is 0.750. The van der Waals surface area contributed by atoms with Gasteiger partial charge in [-0.25, -0.2) is 5.84 Å². The molecular formula is C12H21N7O. The minimum atomic E-state index is 0.413. The Morgan fingerprint density at radius 3 is 2.55 bits per heavy atom. The number of nitrogens with one attached hydrogen (secondary N) is 1. The van der Waals surface area contributed by atoms with E-state index in [1.54, 1.807) is 0 Å². The molecule has 0 bridgehead atoms. The number of aromatic nitrogens is 3. The smallest absolute Gasteiger partial charge is 0.243 e. The predicted octanol–water partition coefficient (Wildman–Crippen LogP) is -0.0175. The van der Waals surface area contributed by atoms with E-state index in [1.807, 2.05) is 0 Å². The maximum atomic E-state index is 5.49. The van der Waals surface area contributed by atoms with Crippen LogP contribution < -0.4 is 21.1 Å². The standard InChI is InChI=1S/C12H21N7O/c1-9-3-2-4-19(9)12-15-10(17-13)14-11(16-12)18-5-7-20-8-6-18/h9H,2-8,13H2,1H3,(H,14,15,16,17). The molecule has 0 aliphatic carbocycles. The van der Waals surface area contributed by atoms with Crippen molar-refractivity contribution in [2.45, 2.75) is 25.8 Å². The van der Waals surface area contributed by atoms with Gasteiger partial charge in [0.15, 0.2) is 0 Å². The zero-order chi connectivity index (χ0) is 13.9. The van der Waals surface area contributed by atoms with E-state index in [1.165, 1.54) is 12.8 Å². The van der Waals surface area contributed by atoms with Crippen molar-refractivity contribution in [3.8, 4) is 0 Å². The molecule has 8 heteroatoms. The molecule has 1 unspecified atom stereocenters. The highest BCUT2D eigenvalue weighted by molar-refractivity contribution is 5.46. The Kier molecular flexibility index (Phi) is 3.83. The number of hydrazine groups is 1. The van der Waals surface area contributed by atoms with Crippen molar-refractivity contribution in [1.82, 2.24) is 15.0 Å². The Balaban J connectivity index is 1.89. The number of ether oxygens (including phenoxy) is 1. The molecule has 1 aromatic heterocycles. The van der Waals surface area contributed by atoms with Crippen LogP contribution in [0.2, 0.25) is 0 Å². The predicted molar refractivity (Wildman–Crippen MR) is 76.7 cm³/mol. The second kappa shape index (κ2) is 5.76. The lowest BCUT2D eigenvalue weighted by atomic mass is 10.2. The van der Waals surface area contributed by atoms with Gasteiger partial charge in [0.1, 0.15) is 0 Å². The van der Waals surface area contributed by atoms with Gasteiger partial charge in [-0.15, -0.1) is 0 Å². The molecule has 2 saturated heterocycles. The second-order valence-corrected chi connectivity index (χ2v) is 5.19. The lowest BCUT2D eigenvalue weighted by Crippen LogP contribution is -2.38. The van der Waals surface area contributed by atoms with Crippen LogP contribution in [0, 0.1) is 0 Å². The van der Waals surface area contributed by atoms with E-state index in [0.717, 1.165) is 19.6 Å². The number of morpholine rings is 1. The van der Waals surface area contributed by atoms with Gasteiger partial charge in [-0.1, -0.05) is 0 Å². The molecule has 1 aromatic rings. The molecule has 0 radical (unpaired) electrons. The molecular weight excluding hydrogens is 258 g/mol. The molecule has 3 rings (SSSR count). The van der Waals surface area contributed by atoms with Crippen LogP contribution in [-0.4, -0.2) is 53.8 Å². The summed E-state index contributed by atoms with van der Waals surface area (Å²) < 4.78 is 5.36. The summed E-state index contributed by atoms with van der Waals surface area (Å²) in [6.07, 6.45) is 2.34. The van der Waals surface area contributed by atoms with Crippen molar-refractivity contribution in [1.29, 1.82) is 0 Å². The van der Waals surface area contributed by atoms with E-state index in [4.69, 9.17) is 10.6 Å². The highest BCUT2D eigenvalue weighted by Gasteiger charge is 2.25. The van der Waals surface area contributed by atoms with Crippen molar-refractivity contribution in [3.05, 3.63) is 0 Å². The molecule has 2 aliphatic rings. The van der Waals surface area contributed by atoms with E-state index in [9.17, 15) is 0 Å². The molecule has 0 saturated carbocycles. The number of rotatable bonds is 3. The molecule has 3 N–H and O–H groups in total. The Bertz CT molecular complexity index is 463. The quantitative estimate of drug-likeness (QED) is 0.589. The SMILES string of the molecule is CC1CCCN1c1nc(NN)nc(N2CCOCC2)n1. The summed E-state index contributed by atoms with van der Waals surface area (Å²) in [7, 11) is 0. The number of anilines is 3. The molecule has 20 heavy (non-hydrogen) atoms. The number of nitrogen functional groups attached to an aromatic ring is 1. The molecule has 110 valence electrons. The monoisotopic (exact) mass is 279 g/mol.